The van der Waals surface area contributed by atoms with Crippen molar-refractivity contribution in [3.8, 4) is 0 Å². The van der Waals surface area contributed by atoms with Crippen LogP contribution in [0.15, 0.2) is 0 Å². The van der Waals surface area contributed by atoms with Gasteiger partial charge in [0.05, 0.1) is 0 Å². The molecule has 0 saturated heterocycles. The van der Waals surface area contributed by atoms with Crippen LogP contribution in [0, 0.1) is 0 Å². The van der Waals surface area contributed by atoms with Gasteiger partial charge in [0.1, 0.15) is 0 Å². The molecule has 0 aromatic rings. The van der Waals surface area contributed by atoms with Crippen LogP contribution in [0.2, 0.25) is 0 Å². The Kier molecular flexibility index (Phi) is 38.9. The standard InChI is InChI=1S/2C8H16O2.2Ni.H2O4S/c2*1-2-3-4-5-6-7-8(9)10;;;1-5(2,3)4/h2*2-7H2,1H3,(H,9,10);;;(H2,1,2,3,4). The largest absolute Gasteiger partial charge is 0.481 e. The number of aliphatic carboxylic acids is 2. The van der Waals surface area contributed by atoms with Crippen molar-refractivity contribution >= 4 is 22.3 Å². The van der Waals surface area contributed by atoms with Crippen molar-refractivity contribution in [2.45, 2.75) is 90.9 Å². The first-order chi connectivity index (χ1) is 11.5. The summed E-state index contributed by atoms with van der Waals surface area (Å²) in [6.45, 7) is 4.30. The van der Waals surface area contributed by atoms with Gasteiger partial charge in [-0.05, 0) is 12.8 Å². The fraction of sp³-hybridized carbons (Fsp3) is 0.875. The zero-order chi connectivity index (χ0) is 20.1. The summed E-state index contributed by atoms with van der Waals surface area (Å²) in [7, 11) is -4.67. The molecule has 0 saturated carbocycles. The normalized spacial score (nSPS) is 9.33. The van der Waals surface area contributed by atoms with E-state index >= 15 is 0 Å². The molecule has 8 nitrogen and oxygen atoms in total. The molecule has 0 fully saturated rings. The Morgan fingerprint density at radius 3 is 1.04 bits per heavy atom. The van der Waals surface area contributed by atoms with Crippen molar-refractivity contribution in [2.75, 3.05) is 0 Å². The molecule has 0 bridgehead atoms. The van der Waals surface area contributed by atoms with E-state index in [-0.39, 0.29) is 33.0 Å². The van der Waals surface area contributed by atoms with E-state index in [9.17, 15) is 9.59 Å². The average Bonchev–Trinajstić information content (AvgIpc) is 2.45. The third-order valence-corrected chi connectivity index (χ3v) is 2.99. The molecule has 4 N–H and O–H groups in total. The van der Waals surface area contributed by atoms with Gasteiger partial charge in [-0.25, -0.2) is 0 Å². The van der Waals surface area contributed by atoms with Crippen LogP contribution in [0.3, 0.4) is 0 Å². The minimum absolute atomic E-state index is 0. The number of unbranched alkanes of at least 4 members (excludes halogenated alkanes) is 8. The Bertz CT molecular complexity index is 385. The fourth-order valence-electron chi connectivity index (χ4n) is 1.76. The van der Waals surface area contributed by atoms with E-state index in [4.69, 9.17) is 27.7 Å². The maximum absolute atomic E-state index is 10.0. The van der Waals surface area contributed by atoms with Gasteiger partial charge in [0.25, 0.3) is 0 Å². The van der Waals surface area contributed by atoms with Crippen molar-refractivity contribution in [3.05, 3.63) is 0 Å². The first kappa shape index (κ1) is 37.5. The second-order valence-electron chi connectivity index (χ2n) is 5.56. The van der Waals surface area contributed by atoms with Crippen LogP contribution in [-0.4, -0.2) is 39.7 Å². The van der Waals surface area contributed by atoms with Gasteiger partial charge in [-0.3, -0.25) is 18.7 Å². The fourth-order valence-corrected chi connectivity index (χ4v) is 1.76. The number of carbonyl (C=O) groups is 2. The molecule has 0 aromatic carbocycles. The van der Waals surface area contributed by atoms with Crippen molar-refractivity contribution in [2.24, 2.45) is 0 Å². The molecule has 0 heterocycles. The minimum Gasteiger partial charge on any atom is -0.481 e. The summed E-state index contributed by atoms with van der Waals surface area (Å²) >= 11 is 0. The first-order valence-electron chi connectivity index (χ1n) is 8.68. The molecule has 172 valence electrons. The quantitative estimate of drug-likeness (QED) is 0.176. The van der Waals surface area contributed by atoms with Gasteiger partial charge < -0.3 is 10.2 Å². The van der Waals surface area contributed by atoms with E-state index in [1.54, 1.807) is 0 Å². The molecule has 0 amide bonds. The zero-order valence-corrected chi connectivity index (χ0v) is 18.7. The molecule has 27 heavy (non-hydrogen) atoms. The van der Waals surface area contributed by atoms with Crippen LogP contribution in [0.25, 0.3) is 0 Å². The molecule has 0 rings (SSSR count). The number of hydrogen-bond acceptors (Lipinski definition) is 4. The van der Waals surface area contributed by atoms with Gasteiger partial charge in [0, 0.05) is 45.8 Å². The van der Waals surface area contributed by atoms with E-state index < -0.39 is 22.3 Å². The first-order valence-corrected chi connectivity index (χ1v) is 10.1. The molecule has 0 aliphatic heterocycles. The summed E-state index contributed by atoms with van der Waals surface area (Å²) in [6.07, 6.45) is 11.8. The Balaban J connectivity index is -0.0000000910. The van der Waals surface area contributed by atoms with Crippen LogP contribution < -0.4 is 0 Å². The zero-order valence-electron chi connectivity index (χ0n) is 15.9. The molecule has 0 aliphatic carbocycles. The Hall–Kier alpha value is -0.203. The van der Waals surface area contributed by atoms with Gasteiger partial charge in [0.2, 0.25) is 0 Å². The Labute approximate surface area is 183 Å². The maximum atomic E-state index is 10.0. The summed E-state index contributed by atoms with van der Waals surface area (Å²) in [6, 6.07) is 0. The van der Waals surface area contributed by atoms with E-state index in [2.05, 4.69) is 13.8 Å². The number of carboxylic acid groups (broad SMARTS) is 2. The van der Waals surface area contributed by atoms with Crippen LogP contribution in [0.4, 0.5) is 0 Å². The summed E-state index contributed by atoms with van der Waals surface area (Å²) in [4.78, 5) is 20.1. The second-order valence-corrected chi connectivity index (χ2v) is 6.46. The average molecular weight is 504 g/mol. The summed E-state index contributed by atoms with van der Waals surface area (Å²) < 4.78 is 31.6. The third-order valence-electron chi connectivity index (χ3n) is 2.99. The molecular weight excluding hydrogens is 470 g/mol. The van der Waals surface area contributed by atoms with Crippen LogP contribution in [0.5, 0.6) is 0 Å². The van der Waals surface area contributed by atoms with Gasteiger partial charge in [-0.2, -0.15) is 8.42 Å². The Morgan fingerprint density at radius 1 is 0.630 bits per heavy atom. The van der Waals surface area contributed by atoms with Crippen molar-refractivity contribution in [1.82, 2.24) is 0 Å². The Morgan fingerprint density at radius 2 is 0.852 bits per heavy atom. The summed E-state index contributed by atoms with van der Waals surface area (Å²) in [5, 5.41) is 16.5. The van der Waals surface area contributed by atoms with Gasteiger partial charge in [-0.15, -0.1) is 0 Å². The number of rotatable bonds is 12. The predicted octanol–water partition coefficient (Wildman–Crippen LogP) is 4.21. The number of hydrogen-bond donors (Lipinski definition) is 4. The van der Waals surface area contributed by atoms with Crippen molar-refractivity contribution in [3.63, 3.8) is 0 Å². The number of carboxylic acids is 2. The topological polar surface area (TPSA) is 149 Å². The van der Waals surface area contributed by atoms with Gasteiger partial charge >= 0.3 is 22.3 Å². The molecule has 0 aliphatic rings. The van der Waals surface area contributed by atoms with E-state index in [1.165, 1.54) is 38.5 Å². The smallest absolute Gasteiger partial charge is 0.394 e. The molecule has 0 radical (unpaired) electrons. The molecule has 11 heteroatoms. The van der Waals surface area contributed by atoms with E-state index in [1.807, 2.05) is 0 Å². The predicted molar refractivity (Wildman–Crippen MR) is 96.2 cm³/mol. The third kappa shape index (κ3) is 76.7. The molecule has 0 unspecified atom stereocenters. The minimum atomic E-state index is -4.67. The van der Waals surface area contributed by atoms with E-state index in [0.717, 1.165) is 25.7 Å². The van der Waals surface area contributed by atoms with Crippen molar-refractivity contribution < 1.29 is 70.3 Å². The molecule has 0 atom stereocenters. The second kappa shape index (κ2) is 28.0. The van der Waals surface area contributed by atoms with E-state index in [0.29, 0.717) is 12.8 Å². The molecule has 0 aromatic heterocycles. The van der Waals surface area contributed by atoms with Crippen LogP contribution in [0.1, 0.15) is 90.9 Å². The summed E-state index contributed by atoms with van der Waals surface area (Å²) in [5.74, 6) is -1.34. The van der Waals surface area contributed by atoms with Gasteiger partial charge in [0.15, 0.2) is 0 Å². The monoisotopic (exact) mass is 502 g/mol. The van der Waals surface area contributed by atoms with Crippen LogP contribution >= 0.6 is 0 Å². The molecular formula is C16H34Ni2O8S. The SMILES string of the molecule is CCCCCCCC(=O)O.CCCCCCCC(=O)O.O=S(=O)(O)O.[Ni].[Ni]. The summed E-state index contributed by atoms with van der Waals surface area (Å²) in [5.41, 5.74) is 0. The van der Waals surface area contributed by atoms with Crippen LogP contribution in [-0.2, 0) is 53.0 Å². The maximum Gasteiger partial charge on any atom is 0.394 e. The van der Waals surface area contributed by atoms with Crippen molar-refractivity contribution in [1.29, 1.82) is 0 Å². The van der Waals surface area contributed by atoms with Gasteiger partial charge in [-0.1, -0.05) is 65.2 Å². The molecule has 0 spiro atoms.